The van der Waals surface area contributed by atoms with Crippen molar-refractivity contribution in [1.29, 1.82) is 0 Å². The molecular weight excluding hydrogens is 332 g/mol. The molecule has 2 saturated heterocycles. The minimum absolute atomic E-state index is 0.00729. The summed E-state index contributed by atoms with van der Waals surface area (Å²) < 4.78 is 11.1. The molecule has 0 aliphatic carbocycles. The quantitative estimate of drug-likeness (QED) is 0.872. The van der Waals surface area contributed by atoms with Crippen molar-refractivity contribution >= 4 is 11.8 Å². The van der Waals surface area contributed by atoms with Gasteiger partial charge in [0, 0.05) is 25.7 Å². The first-order chi connectivity index (χ1) is 12.5. The second kappa shape index (κ2) is 8.54. The van der Waals surface area contributed by atoms with Crippen molar-refractivity contribution in [2.45, 2.75) is 51.7 Å². The number of ether oxygens (including phenoxy) is 2. The molecule has 2 aliphatic rings. The summed E-state index contributed by atoms with van der Waals surface area (Å²) in [6, 6.07) is 5.96. The van der Waals surface area contributed by atoms with Crippen molar-refractivity contribution in [3.8, 4) is 5.75 Å². The zero-order valence-electron chi connectivity index (χ0n) is 15.6. The monoisotopic (exact) mass is 360 g/mol. The molecule has 2 aliphatic heterocycles. The molecule has 1 aromatic rings. The standard InChI is InChI=1S/C20H28N2O4/c1-14-5-6-17(12-15(14)2)26-13-19(23)22-9-7-16(8-10-22)21-20(24)18-4-3-11-25-18/h5-6,12,16,18H,3-4,7-11,13H2,1-2H3,(H,21,24). The maximum Gasteiger partial charge on any atom is 0.260 e. The molecule has 2 heterocycles. The molecule has 142 valence electrons. The number of amides is 2. The van der Waals surface area contributed by atoms with Crippen LogP contribution in [0.25, 0.3) is 0 Å². The molecule has 1 unspecified atom stereocenters. The summed E-state index contributed by atoms with van der Waals surface area (Å²) in [5, 5.41) is 3.06. The Kier molecular flexibility index (Phi) is 6.14. The average molecular weight is 360 g/mol. The van der Waals surface area contributed by atoms with Crippen molar-refractivity contribution in [1.82, 2.24) is 10.2 Å². The lowest BCUT2D eigenvalue weighted by atomic mass is 10.0. The van der Waals surface area contributed by atoms with Crippen molar-refractivity contribution in [2.24, 2.45) is 0 Å². The van der Waals surface area contributed by atoms with Gasteiger partial charge in [-0.25, -0.2) is 0 Å². The topological polar surface area (TPSA) is 67.9 Å². The molecule has 0 aromatic heterocycles. The minimum Gasteiger partial charge on any atom is -0.484 e. The van der Waals surface area contributed by atoms with Crippen LogP contribution in [0.15, 0.2) is 18.2 Å². The van der Waals surface area contributed by atoms with Gasteiger partial charge in [-0.1, -0.05) is 6.07 Å². The van der Waals surface area contributed by atoms with Crippen LogP contribution < -0.4 is 10.1 Å². The molecule has 0 radical (unpaired) electrons. The van der Waals surface area contributed by atoms with E-state index in [4.69, 9.17) is 9.47 Å². The second-order valence-electron chi connectivity index (χ2n) is 7.20. The first kappa shape index (κ1) is 18.7. The molecule has 6 nitrogen and oxygen atoms in total. The number of carbonyl (C=O) groups excluding carboxylic acids is 2. The van der Waals surface area contributed by atoms with Gasteiger partial charge in [-0.2, -0.15) is 0 Å². The zero-order chi connectivity index (χ0) is 18.5. The Morgan fingerprint density at radius 1 is 1.19 bits per heavy atom. The lowest BCUT2D eigenvalue weighted by Gasteiger charge is -2.32. The molecular formula is C20H28N2O4. The van der Waals surface area contributed by atoms with E-state index in [0.29, 0.717) is 19.7 Å². The van der Waals surface area contributed by atoms with Gasteiger partial charge >= 0.3 is 0 Å². The molecule has 0 spiro atoms. The van der Waals surface area contributed by atoms with E-state index in [2.05, 4.69) is 5.32 Å². The second-order valence-corrected chi connectivity index (χ2v) is 7.20. The van der Waals surface area contributed by atoms with Gasteiger partial charge in [0.2, 0.25) is 5.91 Å². The fourth-order valence-corrected chi connectivity index (χ4v) is 3.39. The summed E-state index contributed by atoms with van der Waals surface area (Å²) in [6.45, 7) is 6.09. The molecule has 3 rings (SSSR count). The van der Waals surface area contributed by atoms with Gasteiger partial charge in [-0.15, -0.1) is 0 Å². The lowest BCUT2D eigenvalue weighted by molar-refractivity contribution is -0.135. The number of piperidine rings is 1. The van der Waals surface area contributed by atoms with Gasteiger partial charge in [0.25, 0.3) is 5.91 Å². The van der Waals surface area contributed by atoms with Gasteiger partial charge in [0.15, 0.2) is 6.61 Å². The van der Waals surface area contributed by atoms with Crippen LogP contribution in [-0.4, -0.2) is 55.2 Å². The zero-order valence-corrected chi connectivity index (χ0v) is 15.6. The molecule has 2 amide bonds. The van der Waals surface area contributed by atoms with Gasteiger partial charge in [-0.05, 0) is 62.8 Å². The predicted octanol–water partition coefficient (Wildman–Crippen LogP) is 1.97. The number of nitrogens with one attached hydrogen (secondary N) is 1. The maximum atomic E-state index is 12.4. The summed E-state index contributed by atoms with van der Waals surface area (Å²) in [6.07, 6.45) is 3.01. The van der Waals surface area contributed by atoms with Gasteiger partial charge in [0.1, 0.15) is 11.9 Å². The summed E-state index contributed by atoms with van der Waals surface area (Å²) >= 11 is 0. The van der Waals surface area contributed by atoms with E-state index >= 15 is 0 Å². The Balaban J connectivity index is 1.40. The van der Waals surface area contributed by atoms with Crippen LogP contribution in [-0.2, 0) is 14.3 Å². The summed E-state index contributed by atoms with van der Waals surface area (Å²) in [4.78, 5) is 26.3. The van der Waals surface area contributed by atoms with Gasteiger partial charge in [-0.3, -0.25) is 9.59 Å². The van der Waals surface area contributed by atoms with Crippen molar-refractivity contribution in [3.05, 3.63) is 29.3 Å². The molecule has 26 heavy (non-hydrogen) atoms. The van der Waals surface area contributed by atoms with E-state index in [1.165, 1.54) is 5.56 Å². The molecule has 2 fully saturated rings. The van der Waals surface area contributed by atoms with E-state index in [9.17, 15) is 9.59 Å². The lowest BCUT2D eigenvalue weighted by Crippen LogP contribution is -2.49. The fourth-order valence-electron chi connectivity index (χ4n) is 3.39. The Morgan fingerprint density at radius 2 is 1.96 bits per heavy atom. The predicted molar refractivity (Wildman–Crippen MR) is 98.1 cm³/mol. The highest BCUT2D eigenvalue weighted by molar-refractivity contribution is 5.81. The summed E-state index contributed by atoms with van der Waals surface area (Å²) in [5.41, 5.74) is 2.36. The van der Waals surface area contributed by atoms with Crippen LogP contribution >= 0.6 is 0 Å². The highest BCUT2D eigenvalue weighted by Crippen LogP contribution is 2.18. The normalized spacial score (nSPS) is 20.8. The number of hydrogen-bond acceptors (Lipinski definition) is 4. The molecule has 6 heteroatoms. The van der Waals surface area contributed by atoms with E-state index in [0.717, 1.165) is 37.0 Å². The number of hydrogen-bond donors (Lipinski definition) is 1. The van der Waals surface area contributed by atoms with Crippen molar-refractivity contribution in [3.63, 3.8) is 0 Å². The average Bonchev–Trinajstić information content (AvgIpc) is 3.18. The Bertz CT molecular complexity index is 647. The third-order valence-electron chi connectivity index (χ3n) is 5.26. The number of benzene rings is 1. The molecule has 0 bridgehead atoms. The van der Waals surface area contributed by atoms with Crippen LogP contribution in [0, 0.1) is 13.8 Å². The van der Waals surface area contributed by atoms with E-state index in [-0.39, 0.29) is 30.6 Å². The van der Waals surface area contributed by atoms with E-state index in [1.807, 2.05) is 36.9 Å². The van der Waals surface area contributed by atoms with Crippen LogP contribution in [0.4, 0.5) is 0 Å². The first-order valence-corrected chi connectivity index (χ1v) is 9.43. The number of aryl methyl sites for hydroxylation is 2. The third kappa shape index (κ3) is 4.75. The Labute approximate surface area is 154 Å². The van der Waals surface area contributed by atoms with Crippen molar-refractivity contribution < 1.29 is 19.1 Å². The van der Waals surface area contributed by atoms with Crippen LogP contribution in [0.1, 0.15) is 36.8 Å². The number of nitrogens with zero attached hydrogens (tertiary/aromatic N) is 1. The van der Waals surface area contributed by atoms with Crippen LogP contribution in [0.2, 0.25) is 0 Å². The van der Waals surface area contributed by atoms with Crippen LogP contribution in [0.5, 0.6) is 5.75 Å². The van der Waals surface area contributed by atoms with Gasteiger partial charge in [0.05, 0.1) is 0 Å². The molecule has 0 saturated carbocycles. The fraction of sp³-hybridized carbons (Fsp3) is 0.600. The summed E-state index contributed by atoms with van der Waals surface area (Å²) in [7, 11) is 0. The maximum absolute atomic E-state index is 12.4. The van der Waals surface area contributed by atoms with Crippen molar-refractivity contribution in [2.75, 3.05) is 26.3 Å². The SMILES string of the molecule is Cc1ccc(OCC(=O)N2CCC(NC(=O)C3CCCO3)CC2)cc1C. The number of carbonyl (C=O) groups is 2. The molecule has 1 N–H and O–H groups in total. The first-order valence-electron chi connectivity index (χ1n) is 9.43. The number of likely N-dealkylation sites (tertiary alicyclic amines) is 1. The van der Waals surface area contributed by atoms with Gasteiger partial charge < -0.3 is 19.7 Å². The smallest absolute Gasteiger partial charge is 0.260 e. The highest BCUT2D eigenvalue weighted by atomic mass is 16.5. The highest BCUT2D eigenvalue weighted by Gasteiger charge is 2.28. The van der Waals surface area contributed by atoms with E-state index in [1.54, 1.807) is 0 Å². The largest absolute Gasteiger partial charge is 0.484 e. The third-order valence-corrected chi connectivity index (χ3v) is 5.26. The minimum atomic E-state index is -0.291. The molecule has 1 aromatic carbocycles. The van der Waals surface area contributed by atoms with Crippen LogP contribution in [0.3, 0.4) is 0 Å². The number of rotatable bonds is 5. The molecule has 1 atom stereocenters. The summed E-state index contributed by atoms with van der Waals surface area (Å²) in [5.74, 6) is 0.706. The Morgan fingerprint density at radius 3 is 2.62 bits per heavy atom. The Hall–Kier alpha value is -2.08. The van der Waals surface area contributed by atoms with E-state index < -0.39 is 0 Å².